The third kappa shape index (κ3) is 4.61. The van der Waals surface area contributed by atoms with E-state index >= 15 is 0 Å². The number of rotatable bonds is 4. The van der Waals surface area contributed by atoms with Gasteiger partial charge in [0.25, 0.3) is 0 Å². The second kappa shape index (κ2) is 10.3. The van der Waals surface area contributed by atoms with Crippen LogP contribution in [0.25, 0.3) is 0 Å². The first-order valence-corrected chi connectivity index (χ1v) is 26.0. The van der Waals surface area contributed by atoms with E-state index in [2.05, 4.69) is 163 Å². The molecule has 0 N–H and O–H groups in total. The van der Waals surface area contributed by atoms with Gasteiger partial charge in [0.05, 0.1) is 0 Å². The molecule has 0 radical (unpaired) electrons. The molecule has 3 heteroatoms. The molecule has 0 atom stereocenters. The fourth-order valence-corrected chi connectivity index (χ4v) is 84.8. The molecule has 0 spiro atoms. The number of benzene rings is 4. The SMILES string of the molecule is C[C](C)(C)[Sn]1([C](C)(C)C)[CH2][Si](c2ccccc2)(c2ccccc2)C[Si](c2ccccc2)(c2ccccc2)[CH2]1. The van der Waals surface area contributed by atoms with E-state index < -0.39 is 34.5 Å². The molecule has 0 saturated carbocycles. The molecule has 4 aromatic carbocycles. The summed E-state index contributed by atoms with van der Waals surface area (Å²) in [5, 5.41) is 6.63. The maximum atomic E-state index is 2.63. The fraction of sp³-hybridized carbons (Fsp3) is 0.314. The van der Waals surface area contributed by atoms with Crippen LogP contribution in [0.15, 0.2) is 121 Å². The van der Waals surface area contributed by atoms with Gasteiger partial charge >= 0.3 is 239 Å². The van der Waals surface area contributed by atoms with Gasteiger partial charge in [-0.1, -0.05) is 0 Å². The van der Waals surface area contributed by atoms with Gasteiger partial charge in [-0.2, -0.15) is 0 Å². The molecule has 0 unspecified atom stereocenters. The summed E-state index contributed by atoms with van der Waals surface area (Å²) < 4.78 is 3.71. The molecular weight excluding hydrogens is 595 g/mol. The summed E-state index contributed by atoms with van der Waals surface area (Å²) in [5.41, 5.74) is 1.37. The monoisotopic (exact) mass is 640 g/mol. The van der Waals surface area contributed by atoms with Gasteiger partial charge in [0.15, 0.2) is 0 Å². The molecule has 4 aromatic rings. The van der Waals surface area contributed by atoms with Crippen molar-refractivity contribution in [2.75, 3.05) is 0 Å². The van der Waals surface area contributed by atoms with Crippen LogP contribution in [-0.2, 0) is 0 Å². The molecule has 0 nitrogen and oxygen atoms in total. The van der Waals surface area contributed by atoms with E-state index in [0.717, 1.165) is 0 Å². The van der Waals surface area contributed by atoms with Crippen LogP contribution in [0.4, 0.5) is 0 Å². The Labute approximate surface area is 237 Å². The Bertz CT molecular complexity index is 1150. The molecule has 0 bridgehead atoms. The van der Waals surface area contributed by atoms with E-state index in [0.29, 0.717) is 6.86 Å². The first-order valence-electron chi connectivity index (χ1n) is 14.3. The van der Waals surface area contributed by atoms with Crippen molar-refractivity contribution in [2.45, 2.75) is 62.2 Å². The second-order valence-corrected chi connectivity index (χ2v) is 43.3. The minimum atomic E-state index is -3.05. The van der Waals surface area contributed by atoms with E-state index in [9.17, 15) is 0 Å². The second-order valence-electron chi connectivity index (χ2n) is 13.7. The third-order valence-electron chi connectivity index (χ3n) is 9.99. The van der Waals surface area contributed by atoms with Crippen molar-refractivity contribution < 1.29 is 0 Å². The summed E-state index contributed by atoms with van der Waals surface area (Å²) >= 11 is -3.05. The van der Waals surface area contributed by atoms with Gasteiger partial charge in [0, 0.05) is 0 Å². The van der Waals surface area contributed by atoms with Crippen LogP contribution in [0, 0.1) is 0 Å². The molecule has 0 aromatic heterocycles. The van der Waals surface area contributed by atoms with Gasteiger partial charge in [-0.25, -0.2) is 0 Å². The summed E-state index contributed by atoms with van der Waals surface area (Å²) in [4.78, 5) is 0. The molecule has 1 aliphatic heterocycles. The van der Waals surface area contributed by atoms with E-state index in [-0.39, 0.29) is 0 Å². The molecule has 1 heterocycles. The van der Waals surface area contributed by atoms with Crippen LogP contribution < -0.4 is 20.7 Å². The van der Waals surface area contributed by atoms with Gasteiger partial charge in [0.2, 0.25) is 0 Å². The van der Waals surface area contributed by atoms with Crippen molar-refractivity contribution in [2.24, 2.45) is 0 Å². The van der Waals surface area contributed by atoms with Crippen molar-refractivity contribution in [3.63, 3.8) is 0 Å². The normalized spacial score (nSPS) is 18.6. The van der Waals surface area contributed by atoms with Crippen LogP contribution in [-0.4, -0.2) is 34.5 Å². The minimum absolute atomic E-state index is 0.358. The van der Waals surface area contributed by atoms with Gasteiger partial charge in [-0.3, -0.25) is 0 Å². The van der Waals surface area contributed by atoms with Crippen LogP contribution in [0.1, 0.15) is 41.5 Å². The van der Waals surface area contributed by atoms with Crippen molar-refractivity contribution in [3.8, 4) is 0 Å². The maximum absolute atomic E-state index is 3.05. The van der Waals surface area contributed by atoms with Gasteiger partial charge < -0.3 is 0 Å². The van der Waals surface area contributed by atoms with Crippen LogP contribution in [0.3, 0.4) is 0 Å². The van der Waals surface area contributed by atoms with Crippen LogP contribution >= 0.6 is 0 Å². The predicted molar refractivity (Wildman–Crippen MR) is 175 cm³/mol. The predicted octanol–water partition coefficient (Wildman–Crippen LogP) is 7.19. The zero-order valence-corrected chi connectivity index (χ0v) is 29.0. The summed E-state index contributed by atoms with van der Waals surface area (Å²) in [7, 11) is -4.27. The summed E-state index contributed by atoms with van der Waals surface area (Å²) in [5.74, 6) is 0. The molecule has 0 amide bonds. The fourth-order valence-electron chi connectivity index (χ4n) is 8.10. The summed E-state index contributed by atoms with van der Waals surface area (Å²) in [6, 6.07) is 47.3. The average Bonchev–Trinajstić information content (AvgIpc) is 2.93. The van der Waals surface area contributed by atoms with Gasteiger partial charge in [-0.05, 0) is 0 Å². The molecule has 38 heavy (non-hydrogen) atoms. The van der Waals surface area contributed by atoms with Crippen LogP contribution in [0.5, 0.6) is 0 Å². The van der Waals surface area contributed by atoms with Crippen molar-refractivity contribution in [1.29, 1.82) is 0 Å². The molecule has 1 fully saturated rings. The van der Waals surface area contributed by atoms with Crippen molar-refractivity contribution >= 4 is 55.3 Å². The first-order chi connectivity index (χ1) is 18.0. The molecular formula is C35H44Si2Sn. The van der Waals surface area contributed by atoms with Gasteiger partial charge in [-0.15, -0.1) is 0 Å². The molecule has 196 valence electrons. The Morgan fingerprint density at radius 3 is 0.868 bits per heavy atom. The summed E-state index contributed by atoms with van der Waals surface area (Å²) in [6.45, 7) is 15.8. The standard InChI is InChI=1S/C27H26Si2.2C4H9.Sn/c1-28(24-15-7-3-8-16-24,25-17-9-4-10-18-25)23-29(2,26-19-11-5-12-20-26)27-21-13-6-14-22-27;2*1-4(2)3;/h3-22H,1-2,23H2;2*1-3H3;. The molecule has 1 saturated heterocycles. The Morgan fingerprint density at radius 1 is 0.421 bits per heavy atom. The van der Waals surface area contributed by atoms with Crippen molar-refractivity contribution in [3.05, 3.63) is 121 Å². The van der Waals surface area contributed by atoms with E-state index in [1.165, 1.54) is 13.8 Å². The first kappa shape index (κ1) is 27.7. The Morgan fingerprint density at radius 2 is 0.658 bits per heavy atom. The Balaban J connectivity index is 1.95. The summed E-state index contributed by atoms with van der Waals surface area (Å²) in [6.07, 6.45) is 0. The van der Waals surface area contributed by atoms with Crippen molar-refractivity contribution in [1.82, 2.24) is 0 Å². The number of hydrogen-bond acceptors (Lipinski definition) is 0. The number of hydrogen-bond donors (Lipinski definition) is 0. The van der Waals surface area contributed by atoms with E-state index in [1.807, 2.05) is 0 Å². The zero-order valence-electron chi connectivity index (χ0n) is 24.2. The zero-order chi connectivity index (χ0) is 27.1. The Hall–Kier alpha value is -1.89. The Kier molecular flexibility index (Phi) is 7.47. The third-order valence-corrected chi connectivity index (χ3v) is 60.0. The van der Waals surface area contributed by atoms with Gasteiger partial charge in [0.1, 0.15) is 0 Å². The average molecular weight is 640 g/mol. The molecule has 1 aliphatic rings. The van der Waals surface area contributed by atoms with E-state index in [1.54, 1.807) is 20.7 Å². The topological polar surface area (TPSA) is 0 Å². The molecule has 5 rings (SSSR count). The van der Waals surface area contributed by atoms with Crippen LogP contribution in [0.2, 0.25) is 20.6 Å². The molecule has 0 aliphatic carbocycles. The quantitative estimate of drug-likeness (QED) is 0.208. The van der Waals surface area contributed by atoms with E-state index in [4.69, 9.17) is 0 Å².